The second kappa shape index (κ2) is 7.17. The summed E-state index contributed by atoms with van der Waals surface area (Å²) in [5, 5.41) is 3.71. The first-order chi connectivity index (χ1) is 12.7. The molecule has 2 aromatic heterocycles. The van der Waals surface area contributed by atoms with Crippen molar-refractivity contribution in [1.82, 2.24) is 9.55 Å². The van der Waals surface area contributed by atoms with Gasteiger partial charge in [0.05, 0.1) is 11.4 Å². The number of hydrogen-bond acceptors (Lipinski definition) is 6. The zero-order chi connectivity index (χ0) is 17.9. The van der Waals surface area contributed by atoms with E-state index in [2.05, 4.69) is 10.3 Å². The number of carbonyl (C=O) groups excluding carboxylic acids is 1. The van der Waals surface area contributed by atoms with E-state index < -0.39 is 0 Å². The number of aromatic nitrogens is 2. The summed E-state index contributed by atoms with van der Waals surface area (Å²) in [4.78, 5) is 16.7. The zero-order valence-corrected chi connectivity index (χ0v) is 14.9. The molecule has 1 aliphatic heterocycles. The average molecular weight is 371 g/mol. The van der Waals surface area contributed by atoms with Gasteiger partial charge in [0.15, 0.2) is 22.4 Å². The van der Waals surface area contributed by atoms with Crippen molar-refractivity contribution in [3.8, 4) is 11.5 Å². The van der Waals surface area contributed by atoms with Crippen LogP contribution in [0.5, 0.6) is 11.5 Å². The fourth-order valence-corrected chi connectivity index (χ4v) is 3.39. The van der Waals surface area contributed by atoms with E-state index in [9.17, 15) is 4.79 Å². The second-order valence-electron chi connectivity index (χ2n) is 5.66. The smallest absolute Gasteiger partial charge is 0.291 e. The molecule has 3 heterocycles. The van der Waals surface area contributed by atoms with Crippen molar-refractivity contribution in [2.75, 3.05) is 18.5 Å². The summed E-state index contributed by atoms with van der Waals surface area (Å²) in [5.74, 6) is 2.38. The lowest BCUT2D eigenvalue weighted by Crippen LogP contribution is -2.18. The lowest BCUT2D eigenvalue weighted by Gasteiger charge is -2.20. The van der Waals surface area contributed by atoms with Gasteiger partial charge in [-0.05, 0) is 24.3 Å². The molecule has 0 saturated heterocycles. The molecule has 1 aromatic carbocycles. The van der Waals surface area contributed by atoms with E-state index in [0.29, 0.717) is 41.9 Å². The van der Waals surface area contributed by atoms with Crippen molar-refractivity contribution in [3.63, 3.8) is 0 Å². The number of benzene rings is 1. The molecule has 3 aromatic rings. The molecule has 4 rings (SSSR count). The first-order valence-corrected chi connectivity index (χ1v) is 9.08. The Morgan fingerprint density at radius 3 is 3.00 bits per heavy atom. The molecule has 1 amide bonds. The van der Waals surface area contributed by atoms with Gasteiger partial charge in [-0.25, -0.2) is 4.98 Å². The Labute approximate surface area is 154 Å². The molecular weight excluding hydrogens is 354 g/mol. The number of rotatable bonds is 5. The molecule has 0 unspecified atom stereocenters. The van der Waals surface area contributed by atoms with Crippen LogP contribution in [0.25, 0.3) is 0 Å². The molecule has 0 atom stereocenters. The Morgan fingerprint density at radius 2 is 2.15 bits per heavy atom. The number of nitrogens with zero attached hydrogens (tertiary/aromatic N) is 2. The van der Waals surface area contributed by atoms with Gasteiger partial charge in [0.25, 0.3) is 5.91 Å². The Kier molecular flexibility index (Phi) is 4.57. The first kappa shape index (κ1) is 16.6. The standard InChI is InChI=1S/C18H17N3O4S/c1-21-8-7-19-18(21)26-11-12-5-6-15(25-12)17(22)20-13-3-2-4-14-16(13)24-10-9-23-14/h2-8H,9-11H2,1H3,(H,20,22). The number of hydrogen-bond donors (Lipinski definition) is 1. The predicted molar refractivity (Wildman–Crippen MR) is 96.9 cm³/mol. The van der Waals surface area contributed by atoms with Crippen LogP contribution >= 0.6 is 11.8 Å². The molecule has 8 heteroatoms. The number of ether oxygens (including phenoxy) is 2. The third-order valence-corrected chi connectivity index (χ3v) is 4.90. The second-order valence-corrected chi connectivity index (χ2v) is 6.60. The van der Waals surface area contributed by atoms with E-state index in [4.69, 9.17) is 13.9 Å². The fourth-order valence-electron chi connectivity index (χ4n) is 2.56. The highest BCUT2D eigenvalue weighted by Gasteiger charge is 2.19. The topological polar surface area (TPSA) is 78.5 Å². The molecule has 1 aliphatic rings. The molecule has 0 aliphatic carbocycles. The number of carbonyl (C=O) groups is 1. The number of para-hydroxylation sites is 1. The van der Waals surface area contributed by atoms with E-state index in [-0.39, 0.29) is 11.7 Å². The van der Waals surface area contributed by atoms with Crippen LogP contribution in [-0.4, -0.2) is 28.7 Å². The Bertz CT molecular complexity index is 934. The van der Waals surface area contributed by atoms with Gasteiger partial charge in [-0.3, -0.25) is 4.79 Å². The van der Waals surface area contributed by atoms with Gasteiger partial charge < -0.3 is 23.8 Å². The number of furan rings is 1. The normalized spacial score (nSPS) is 12.8. The molecule has 134 valence electrons. The number of nitrogens with one attached hydrogen (secondary N) is 1. The van der Waals surface area contributed by atoms with E-state index in [1.165, 1.54) is 0 Å². The average Bonchev–Trinajstić information content (AvgIpc) is 3.29. The van der Waals surface area contributed by atoms with E-state index in [1.54, 1.807) is 42.2 Å². The van der Waals surface area contributed by atoms with Gasteiger partial charge in [-0.1, -0.05) is 17.8 Å². The molecule has 0 fully saturated rings. The third-order valence-electron chi connectivity index (χ3n) is 3.82. The van der Waals surface area contributed by atoms with Gasteiger partial charge in [0.1, 0.15) is 19.0 Å². The maximum Gasteiger partial charge on any atom is 0.291 e. The van der Waals surface area contributed by atoms with Gasteiger partial charge in [-0.15, -0.1) is 0 Å². The van der Waals surface area contributed by atoms with Crippen LogP contribution in [0, 0.1) is 0 Å². The quantitative estimate of drug-likeness (QED) is 0.693. The Balaban J connectivity index is 1.43. The first-order valence-electron chi connectivity index (χ1n) is 8.09. The number of imidazole rings is 1. The molecule has 0 spiro atoms. The zero-order valence-electron chi connectivity index (χ0n) is 14.1. The number of aryl methyl sites for hydroxylation is 1. The molecular formula is C18H17N3O4S. The summed E-state index contributed by atoms with van der Waals surface area (Å²) in [6.07, 6.45) is 3.63. The van der Waals surface area contributed by atoms with Crippen LogP contribution in [-0.2, 0) is 12.8 Å². The maximum absolute atomic E-state index is 12.5. The van der Waals surface area contributed by atoms with Crippen molar-refractivity contribution >= 4 is 23.4 Å². The van der Waals surface area contributed by atoms with Crippen molar-refractivity contribution in [3.05, 3.63) is 54.2 Å². The van der Waals surface area contributed by atoms with Gasteiger partial charge in [-0.2, -0.15) is 0 Å². The summed E-state index contributed by atoms with van der Waals surface area (Å²) in [7, 11) is 1.93. The van der Waals surface area contributed by atoms with Crippen molar-refractivity contribution in [1.29, 1.82) is 0 Å². The number of amides is 1. The lowest BCUT2D eigenvalue weighted by molar-refractivity contribution is 0.0994. The monoisotopic (exact) mass is 371 g/mol. The van der Waals surface area contributed by atoms with Crippen molar-refractivity contribution < 1.29 is 18.7 Å². The highest BCUT2D eigenvalue weighted by Crippen LogP contribution is 2.37. The van der Waals surface area contributed by atoms with E-state index >= 15 is 0 Å². The SMILES string of the molecule is Cn1ccnc1SCc1ccc(C(=O)Nc2cccc3c2OCCO3)o1. The van der Waals surface area contributed by atoms with Crippen LogP contribution in [0.3, 0.4) is 0 Å². The Hall–Kier alpha value is -2.87. The minimum absolute atomic E-state index is 0.245. The van der Waals surface area contributed by atoms with Crippen LogP contribution < -0.4 is 14.8 Å². The lowest BCUT2D eigenvalue weighted by atomic mass is 10.2. The van der Waals surface area contributed by atoms with Crippen LogP contribution in [0.2, 0.25) is 0 Å². The van der Waals surface area contributed by atoms with Gasteiger partial charge >= 0.3 is 0 Å². The van der Waals surface area contributed by atoms with Crippen molar-refractivity contribution in [2.24, 2.45) is 7.05 Å². The highest BCUT2D eigenvalue weighted by atomic mass is 32.2. The fraction of sp³-hybridized carbons (Fsp3) is 0.222. The minimum Gasteiger partial charge on any atom is -0.486 e. The van der Waals surface area contributed by atoms with Crippen molar-refractivity contribution in [2.45, 2.75) is 10.9 Å². The molecule has 1 N–H and O–H groups in total. The van der Waals surface area contributed by atoms with Gasteiger partial charge in [0, 0.05) is 19.4 Å². The summed E-state index contributed by atoms with van der Waals surface area (Å²) in [5.41, 5.74) is 0.563. The molecule has 26 heavy (non-hydrogen) atoms. The van der Waals surface area contributed by atoms with Crippen LogP contribution in [0.1, 0.15) is 16.3 Å². The van der Waals surface area contributed by atoms with E-state index in [0.717, 1.165) is 5.16 Å². The molecule has 0 bridgehead atoms. The largest absolute Gasteiger partial charge is 0.486 e. The van der Waals surface area contributed by atoms with E-state index in [1.807, 2.05) is 23.9 Å². The van der Waals surface area contributed by atoms with Crippen LogP contribution in [0.15, 0.2) is 52.3 Å². The summed E-state index contributed by atoms with van der Waals surface area (Å²) in [6.45, 7) is 0.953. The maximum atomic E-state index is 12.5. The number of anilines is 1. The van der Waals surface area contributed by atoms with Crippen LogP contribution in [0.4, 0.5) is 5.69 Å². The summed E-state index contributed by atoms with van der Waals surface area (Å²) in [6, 6.07) is 8.84. The molecule has 0 radical (unpaired) electrons. The van der Waals surface area contributed by atoms with Gasteiger partial charge in [0.2, 0.25) is 0 Å². The summed E-state index contributed by atoms with van der Waals surface area (Å²) >= 11 is 1.54. The summed E-state index contributed by atoms with van der Waals surface area (Å²) < 4.78 is 18.7. The Morgan fingerprint density at radius 1 is 1.27 bits per heavy atom. The molecule has 0 saturated carbocycles. The molecule has 7 nitrogen and oxygen atoms in total. The minimum atomic E-state index is -0.333. The predicted octanol–water partition coefficient (Wildman–Crippen LogP) is 3.33. The number of thioether (sulfide) groups is 1. The highest BCUT2D eigenvalue weighted by molar-refractivity contribution is 7.98. The number of fused-ring (bicyclic) bond motifs is 1. The third kappa shape index (κ3) is 3.41.